The van der Waals surface area contributed by atoms with Gasteiger partial charge in [-0.1, -0.05) is 17.7 Å². The fraction of sp³-hybridized carbons (Fsp3) is 0.176. The molecule has 2 aromatic heterocycles. The van der Waals surface area contributed by atoms with Crippen LogP contribution in [-0.4, -0.2) is 22.0 Å². The number of aromatic nitrogens is 2. The maximum Gasteiger partial charge on any atom is 0.266 e. The number of ether oxygens (including phenoxy) is 1. The van der Waals surface area contributed by atoms with E-state index in [0.717, 1.165) is 17.0 Å². The van der Waals surface area contributed by atoms with Gasteiger partial charge >= 0.3 is 0 Å². The molecule has 0 bridgehead atoms. The van der Waals surface area contributed by atoms with Crippen molar-refractivity contribution in [1.29, 1.82) is 0 Å². The number of aryl methyl sites for hydroxylation is 1. The average Bonchev–Trinajstić information content (AvgIpc) is 3.20. The topological polar surface area (TPSA) is 67.0 Å². The van der Waals surface area contributed by atoms with E-state index in [1.54, 1.807) is 6.92 Å². The Hall–Kier alpha value is -2.60. The lowest BCUT2D eigenvalue weighted by molar-refractivity contribution is -0.122. The smallest absolute Gasteiger partial charge is 0.266 e. The lowest BCUT2D eigenvalue weighted by Gasteiger charge is -2.13. The van der Waals surface area contributed by atoms with Gasteiger partial charge in [0, 0.05) is 11.6 Å². The first kappa shape index (κ1) is 15.3. The number of H-pyrrole nitrogens is 1. The van der Waals surface area contributed by atoms with Gasteiger partial charge in [-0.15, -0.1) is 11.3 Å². The van der Waals surface area contributed by atoms with Crippen molar-refractivity contribution in [2.24, 2.45) is 0 Å². The first-order valence-corrected chi connectivity index (χ1v) is 8.13. The van der Waals surface area contributed by atoms with Gasteiger partial charge in [0.1, 0.15) is 5.75 Å². The SMILES string of the molecule is Cc1ccc(O[C@H](C)C(=O)Nc2nc(-c3ccc[nH]3)cs2)cc1. The van der Waals surface area contributed by atoms with Crippen molar-refractivity contribution in [1.82, 2.24) is 9.97 Å². The van der Waals surface area contributed by atoms with E-state index in [4.69, 9.17) is 4.74 Å². The Kier molecular flexibility index (Phi) is 4.43. The number of rotatable bonds is 5. The lowest BCUT2D eigenvalue weighted by atomic mass is 10.2. The molecule has 0 unspecified atom stereocenters. The molecular formula is C17H17N3O2S. The molecule has 0 saturated heterocycles. The fourth-order valence-electron chi connectivity index (χ4n) is 2.03. The first-order valence-electron chi connectivity index (χ1n) is 7.25. The Morgan fingerprint density at radius 3 is 2.78 bits per heavy atom. The Bertz CT molecular complexity index is 779. The van der Waals surface area contributed by atoms with Crippen molar-refractivity contribution in [3.8, 4) is 17.1 Å². The number of anilines is 1. The van der Waals surface area contributed by atoms with Crippen molar-refractivity contribution in [2.45, 2.75) is 20.0 Å². The molecule has 0 fully saturated rings. The molecule has 0 spiro atoms. The predicted molar refractivity (Wildman–Crippen MR) is 91.8 cm³/mol. The molecule has 1 atom stereocenters. The summed E-state index contributed by atoms with van der Waals surface area (Å²) < 4.78 is 5.64. The summed E-state index contributed by atoms with van der Waals surface area (Å²) in [5.41, 5.74) is 2.88. The molecular weight excluding hydrogens is 310 g/mol. The summed E-state index contributed by atoms with van der Waals surface area (Å²) in [5.74, 6) is 0.447. The van der Waals surface area contributed by atoms with Crippen molar-refractivity contribution in [3.63, 3.8) is 0 Å². The maximum absolute atomic E-state index is 12.2. The Balaban J connectivity index is 1.61. The van der Waals surface area contributed by atoms with E-state index in [0.29, 0.717) is 10.9 Å². The van der Waals surface area contributed by atoms with E-state index >= 15 is 0 Å². The predicted octanol–water partition coefficient (Wildman–Crippen LogP) is 3.85. The van der Waals surface area contributed by atoms with Gasteiger partial charge in [-0.3, -0.25) is 10.1 Å². The van der Waals surface area contributed by atoms with Crippen molar-refractivity contribution in [2.75, 3.05) is 5.32 Å². The number of hydrogen-bond acceptors (Lipinski definition) is 4. The quantitative estimate of drug-likeness (QED) is 0.748. The monoisotopic (exact) mass is 327 g/mol. The highest BCUT2D eigenvalue weighted by molar-refractivity contribution is 7.14. The van der Waals surface area contributed by atoms with Gasteiger partial charge < -0.3 is 9.72 Å². The zero-order valence-electron chi connectivity index (χ0n) is 12.9. The number of carbonyl (C=O) groups is 1. The van der Waals surface area contributed by atoms with Gasteiger partial charge in [0.2, 0.25) is 0 Å². The second-order valence-electron chi connectivity index (χ2n) is 5.18. The van der Waals surface area contributed by atoms with E-state index < -0.39 is 6.10 Å². The molecule has 0 aliphatic heterocycles. The third-order valence-electron chi connectivity index (χ3n) is 3.31. The van der Waals surface area contributed by atoms with Crippen LogP contribution in [0, 0.1) is 6.92 Å². The molecule has 3 aromatic rings. The van der Waals surface area contributed by atoms with E-state index in [9.17, 15) is 4.79 Å². The van der Waals surface area contributed by atoms with Gasteiger partial charge in [0.15, 0.2) is 11.2 Å². The highest BCUT2D eigenvalue weighted by Crippen LogP contribution is 2.23. The average molecular weight is 327 g/mol. The van der Waals surface area contributed by atoms with Crippen LogP contribution in [0.4, 0.5) is 5.13 Å². The molecule has 1 aromatic carbocycles. The van der Waals surface area contributed by atoms with Gasteiger partial charge in [-0.25, -0.2) is 4.98 Å². The summed E-state index contributed by atoms with van der Waals surface area (Å²) in [5, 5.41) is 5.24. The normalized spacial score (nSPS) is 11.9. The summed E-state index contributed by atoms with van der Waals surface area (Å²) in [7, 11) is 0. The molecule has 3 rings (SSSR count). The number of nitrogens with zero attached hydrogens (tertiary/aromatic N) is 1. The number of hydrogen-bond donors (Lipinski definition) is 2. The highest BCUT2D eigenvalue weighted by atomic mass is 32.1. The van der Waals surface area contributed by atoms with Gasteiger partial charge in [0.05, 0.1) is 11.4 Å². The minimum Gasteiger partial charge on any atom is -0.481 e. The van der Waals surface area contributed by atoms with Crippen LogP contribution in [0.25, 0.3) is 11.4 Å². The van der Waals surface area contributed by atoms with Crippen LogP contribution >= 0.6 is 11.3 Å². The second kappa shape index (κ2) is 6.66. The van der Waals surface area contributed by atoms with Crippen LogP contribution in [0.2, 0.25) is 0 Å². The molecule has 0 radical (unpaired) electrons. The van der Waals surface area contributed by atoms with Crippen molar-refractivity contribution < 1.29 is 9.53 Å². The fourth-order valence-corrected chi connectivity index (χ4v) is 2.74. The van der Waals surface area contributed by atoms with Crippen LogP contribution in [0.15, 0.2) is 48.0 Å². The van der Waals surface area contributed by atoms with E-state index in [1.807, 2.05) is 54.9 Å². The first-order chi connectivity index (χ1) is 11.1. The van der Waals surface area contributed by atoms with Crippen molar-refractivity contribution >= 4 is 22.4 Å². The van der Waals surface area contributed by atoms with E-state index in [1.165, 1.54) is 11.3 Å². The standard InChI is InChI=1S/C17H17N3O2S/c1-11-5-7-13(8-6-11)22-12(2)16(21)20-17-19-15(10-23-17)14-4-3-9-18-14/h3-10,12,18H,1-2H3,(H,19,20,21)/t12-/m1/s1. The van der Waals surface area contributed by atoms with Gasteiger partial charge in [-0.2, -0.15) is 0 Å². The Morgan fingerprint density at radius 1 is 1.30 bits per heavy atom. The van der Waals surface area contributed by atoms with Crippen LogP contribution in [-0.2, 0) is 4.79 Å². The summed E-state index contributed by atoms with van der Waals surface area (Å²) in [4.78, 5) is 19.7. The molecule has 5 nitrogen and oxygen atoms in total. The molecule has 6 heteroatoms. The van der Waals surface area contributed by atoms with Crippen molar-refractivity contribution in [3.05, 3.63) is 53.5 Å². The lowest BCUT2D eigenvalue weighted by Crippen LogP contribution is -2.30. The van der Waals surface area contributed by atoms with Crippen LogP contribution in [0.1, 0.15) is 12.5 Å². The molecule has 23 heavy (non-hydrogen) atoms. The molecule has 2 N–H and O–H groups in total. The third kappa shape index (κ3) is 3.78. The number of benzene rings is 1. The molecule has 2 heterocycles. The molecule has 0 aliphatic rings. The largest absolute Gasteiger partial charge is 0.481 e. The summed E-state index contributed by atoms with van der Waals surface area (Å²) in [6.45, 7) is 3.72. The third-order valence-corrected chi connectivity index (χ3v) is 4.07. The minimum atomic E-state index is -0.601. The van der Waals surface area contributed by atoms with Gasteiger partial charge in [0.25, 0.3) is 5.91 Å². The second-order valence-corrected chi connectivity index (χ2v) is 6.04. The Morgan fingerprint density at radius 2 is 2.09 bits per heavy atom. The zero-order chi connectivity index (χ0) is 16.2. The number of carbonyl (C=O) groups excluding carboxylic acids is 1. The summed E-state index contributed by atoms with van der Waals surface area (Å²) in [6.07, 6.45) is 1.24. The summed E-state index contributed by atoms with van der Waals surface area (Å²) >= 11 is 1.38. The van der Waals surface area contributed by atoms with E-state index in [-0.39, 0.29) is 5.91 Å². The minimum absolute atomic E-state index is 0.224. The highest BCUT2D eigenvalue weighted by Gasteiger charge is 2.16. The van der Waals surface area contributed by atoms with Gasteiger partial charge in [-0.05, 0) is 38.1 Å². The summed E-state index contributed by atoms with van der Waals surface area (Å²) in [6, 6.07) is 11.4. The maximum atomic E-state index is 12.2. The number of thiazole rings is 1. The number of aromatic amines is 1. The molecule has 118 valence electrons. The molecule has 1 amide bonds. The van der Waals surface area contributed by atoms with E-state index in [2.05, 4.69) is 15.3 Å². The van der Waals surface area contributed by atoms with Crippen LogP contribution in [0.3, 0.4) is 0 Å². The molecule has 0 saturated carbocycles. The van der Waals surface area contributed by atoms with Crippen LogP contribution in [0.5, 0.6) is 5.75 Å². The Labute approximate surface area is 138 Å². The van der Waals surface area contributed by atoms with Crippen LogP contribution < -0.4 is 10.1 Å². The number of amides is 1. The zero-order valence-corrected chi connectivity index (χ0v) is 13.7. The molecule has 0 aliphatic carbocycles. The number of nitrogens with one attached hydrogen (secondary N) is 2.